The first-order valence-electron chi connectivity index (χ1n) is 5.70. The maximum absolute atomic E-state index is 10.9. The topological polar surface area (TPSA) is 141 Å². The van der Waals surface area contributed by atoms with Crippen molar-refractivity contribution in [2.24, 2.45) is 0 Å². The number of carbonyl (C=O) groups is 2. The molecule has 0 amide bonds. The summed E-state index contributed by atoms with van der Waals surface area (Å²) in [7, 11) is 1.29. The standard InChI is InChI=1S/C7H8N2O2.C6H6N2O2/c1-11-7(10)6-5(8)3-2-4-9-6;7-4-2-1-3-8-5(4)6(9)10/h2-4H,8H2,1H3;1-3H,7H2,(H,9,10). The monoisotopic (exact) mass is 290 g/mol. The van der Waals surface area contributed by atoms with Crippen molar-refractivity contribution >= 4 is 23.3 Å². The van der Waals surface area contributed by atoms with E-state index in [9.17, 15) is 9.59 Å². The van der Waals surface area contributed by atoms with Gasteiger partial charge in [0.05, 0.1) is 18.5 Å². The first kappa shape index (κ1) is 15.9. The molecule has 110 valence electrons. The minimum Gasteiger partial charge on any atom is -0.476 e. The highest BCUT2D eigenvalue weighted by Gasteiger charge is 2.09. The van der Waals surface area contributed by atoms with Crippen LogP contribution in [0.2, 0.25) is 0 Å². The van der Waals surface area contributed by atoms with Gasteiger partial charge in [-0.1, -0.05) is 0 Å². The Morgan fingerprint density at radius 3 is 1.86 bits per heavy atom. The number of hydrogen-bond donors (Lipinski definition) is 3. The number of anilines is 2. The van der Waals surface area contributed by atoms with Crippen LogP contribution in [-0.4, -0.2) is 34.1 Å². The van der Waals surface area contributed by atoms with Crippen LogP contribution >= 0.6 is 0 Å². The molecule has 8 heteroatoms. The van der Waals surface area contributed by atoms with Gasteiger partial charge in [-0.15, -0.1) is 0 Å². The summed E-state index contributed by atoms with van der Waals surface area (Å²) in [5.74, 6) is -1.61. The van der Waals surface area contributed by atoms with Crippen molar-refractivity contribution in [3.63, 3.8) is 0 Å². The lowest BCUT2D eigenvalue weighted by molar-refractivity contribution is 0.0594. The Bertz CT molecular complexity index is 646. The van der Waals surface area contributed by atoms with Crippen LogP contribution in [0.1, 0.15) is 21.0 Å². The average molecular weight is 290 g/mol. The quantitative estimate of drug-likeness (QED) is 0.690. The van der Waals surface area contributed by atoms with Crippen LogP contribution in [0.4, 0.5) is 11.4 Å². The molecule has 2 rings (SSSR count). The van der Waals surface area contributed by atoms with E-state index in [1.165, 1.54) is 25.6 Å². The largest absolute Gasteiger partial charge is 0.476 e. The lowest BCUT2D eigenvalue weighted by Crippen LogP contribution is -2.07. The van der Waals surface area contributed by atoms with Gasteiger partial charge in [0.25, 0.3) is 0 Å². The molecule has 8 nitrogen and oxygen atoms in total. The Balaban J connectivity index is 0.000000211. The smallest absolute Gasteiger partial charge is 0.358 e. The average Bonchev–Trinajstić information content (AvgIpc) is 2.48. The van der Waals surface area contributed by atoms with Gasteiger partial charge in [0.2, 0.25) is 0 Å². The first-order chi connectivity index (χ1) is 9.97. The minimum absolute atomic E-state index is 0.0949. The predicted molar refractivity (Wildman–Crippen MR) is 75.6 cm³/mol. The minimum atomic E-state index is -1.10. The molecule has 0 saturated heterocycles. The number of hydrogen-bond acceptors (Lipinski definition) is 7. The van der Waals surface area contributed by atoms with Crippen molar-refractivity contribution < 1.29 is 19.4 Å². The maximum Gasteiger partial charge on any atom is 0.358 e. The number of carbonyl (C=O) groups excluding carboxylic acids is 1. The Morgan fingerprint density at radius 1 is 1.05 bits per heavy atom. The van der Waals surface area contributed by atoms with Gasteiger partial charge in [-0.3, -0.25) is 0 Å². The van der Waals surface area contributed by atoms with Crippen molar-refractivity contribution in [1.29, 1.82) is 0 Å². The second-order valence-electron chi connectivity index (χ2n) is 3.68. The molecule has 0 saturated carbocycles. The van der Waals surface area contributed by atoms with E-state index >= 15 is 0 Å². The van der Waals surface area contributed by atoms with Gasteiger partial charge in [-0.05, 0) is 24.3 Å². The summed E-state index contributed by atoms with van der Waals surface area (Å²) in [4.78, 5) is 28.5. The second kappa shape index (κ2) is 7.43. The van der Waals surface area contributed by atoms with Crippen LogP contribution < -0.4 is 11.5 Å². The number of rotatable bonds is 2. The van der Waals surface area contributed by atoms with E-state index in [2.05, 4.69) is 14.7 Å². The van der Waals surface area contributed by atoms with E-state index < -0.39 is 11.9 Å². The number of nitrogen functional groups attached to an aromatic ring is 2. The van der Waals surface area contributed by atoms with Crippen molar-refractivity contribution in [2.45, 2.75) is 0 Å². The lowest BCUT2D eigenvalue weighted by Gasteiger charge is -1.99. The fourth-order valence-corrected chi connectivity index (χ4v) is 1.28. The molecule has 2 aromatic heterocycles. The summed E-state index contributed by atoms with van der Waals surface area (Å²) in [6, 6.07) is 6.33. The highest BCUT2D eigenvalue weighted by atomic mass is 16.5. The third-order valence-corrected chi connectivity index (χ3v) is 2.26. The number of pyridine rings is 2. The molecule has 0 bridgehead atoms. The second-order valence-corrected chi connectivity index (χ2v) is 3.68. The van der Waals surface area contributed by atoms with Gasteiger partial charge in [0, 0.05) is 12.4 Å². The number of methoxy groups -OCH3 is 1. The molecule has 0 aliphatic carbocycles. The third-order valence-electron chi connectivity index (χ3n) is 2.26. The number of aromatic carboxylic acids is 1. The van der Waals surface area contributed by atoms with Gasteiger partial charge >= 0.3 is 11.9 Å². The maximum atomic E-state index is 10.9. The number of nitrogens with two attached hydrogens (primary N) is 2. The van der Waals surface area contributed by atoms with Gasteiger partial charge in [-0.25, -0.2) is 19.6 Å². The number of carboxylic acid groups (broad SMARTS) is 1. The molecule has 0 fully saturated rings. The fraction of sp³-hybridized carbons (Fsp3) is 0.0769. The molecular weight excluding hydrogens is 276 g/mol. The third kappa shape index (κ3) is 4.46. The Labute approximate surface area is 120 Å². The fourth-order valence-electron chi connectivity index (χ4n) is 1.28. The van der Waals surface area contributed by atoms with Crippen LogP contribution in [0.15, 0.2) is 36.7 Å². The number of ether oxygens (including phenoxy) is 1. The Morgan fingerprint density at radius 2 is 1.52 bits per heavy atom. The van der Waals surface area contributed by atoms with Crippen molar-refractivity contribution in [1.82, 2.24) is 9.97 Å². The normalized spacial score (nSPS) is 9.19. The SMILES string of the molecule is COC(=O)c1ncccc1N.Nc1cccnc1C(=O)O. The molecule has 21 heavy (non-hydrogen) atoms. The summed E-state index contributed by atoms with van der Waals surface area (Å²) >= 11 is 0. The summed E-state index contributed by atoms with van der Waals surface area (Å²) in [5, 5.41) is 8.42. The zero-order valence-corrected chi connectivity index (χ0v) is 11.2. The molecule has 0 atom stereocenters. The summed E-state index contributed by atoms with van der Waals surface area (Å²) < 4.78 is 4.44. The predicted octanol–water partition coefficient (Wildman–Crippen LogP) is 0.812. The molecule has 0 unspecified atom stereocenters. The zero-order valence-electron chi connectivity index (χ0n) is 11.2. The zero-order chi connectivity index (χ0) is 15.8. The van der Waals surface area contributed by atoms with E-state index in [1.807, 2.05) is 0 Å². The molecule has 0 aliphatic rings. The van der Waals surface area contributed by atoms with Crippen LogP contribution in [0.3, 0.4) is 0 Å². The Hall–Kier alpha value is -3.16. The number of esters is 1. The van der Waals surface area contributed by atoms with Crippen LogP contribution in [0.5, 0.6) is 0 Å². The number of aromatic nitrogens is 2. The summed E-state index contributed by atoms with van der Waals surface area (Å²) in [5.41, 5.74) is 11.3. The molecule has 0 spiro atoms. The molecule has 5 N–H and O–H groups in total. The van der Waals surface area contributed by atoms with Crippen LogP contribution in [0, 0.1) is 0 Å². The molecular formula is C13H14N4O4. The van der Waals surface area contributed by atoms with Gasteiger partial charge in [0.1, 0.15) is 0 Å². The van der Waals surface area contributed by atoms with Crippen molar-refractivity contribution in [2.75, 3.05) is 18.6 Å². The first-order valence-corrected chi connectivity index (χ1v) is 5.70. The summed E-state index contributed by atoms with van der Waals surface area (Å²) in [6.07, 6.45) is 2.88. The van der Waals surface area contributed by atoms with Crippen molar-refractivity contribution in [3.8, 4) is 0 Å². The van der Waals surface area contributed by atoms with Gasteiger partial charge < -0.3 is 21.3 Å². The van der Waals surface area contributed by atoms with E-state index in [1.54, 1.807) is 18.2 Å². The molecule has 2 aromatic rings. The van der Waals surface area contributed by atoms with Gasteiger partial charge in [0.15, 0.2) is 11.4 Å². The Kier molecular flexibility index (Phi) is 5.63. The molecule has 2 heterocycles. The van der Waals surface area contributed by atoms with E-state index in [0.717, 1.165) is 0 Å². The van der Waals surface area contributed by atoms with E-state index in [4.69, 9.17) is 16.6 Å². The summed E-state index contributed by atoms with van der Waals surface area (Å²) in [6.45, 7) is 0. The van der Waals surface area contributed by atoms with Crippen LogP contribution in [0.25, 0.3) is 0 Å². The van der Waals surface area contributed by atoms with Gasteiger partial charge in [-0.2, -0.15) is 0 Å². The van der Waals surface area contributed by atoms with E-state index in [-0.39, 0.29) is 17.1 Å². The molecule has 0 aliphatic heterocycles. The van der Waals surface area contributed by atoms with Crippen molar-refractivity contribution in [3.05, 3.63) is 48.0 Å². The number of carboxylic acids is 1. The highest BCUT2D eigenvalue weighted by molar-refractivity contribution is 5.92. The van der Waals surface area contributed by atoms with Crippen LogP contribution in [-0.2, 0) is 4.74 Å². The number of nitrogens with zero attached hydrogens (tertiary/aromatic N) is 2. The lowest BCUT2D eigenvalue weighted by atomic mass is 10.3. The van der Waals surface area contributed by atoms with E-state index in [0.29, 0.717) is 5.69 Å². The molecule has 0 aromatic carbocycles. The molecule has 0 radical (unpaired) electrons. The highest BCUT2D eigenvalue weighted by Crippen LogP contribution is 2.07.